The molecule has 0 aromatic heterocycles. The number of benzene rings is 2. The van der Waals surface area contributed by atoms with Crippen molar-refractivity contribution in [3.63, 3.8) is 0 Å². The number of carbonyl (C=O) groups excluding carboxylic acids is 1. The summed E-state index contributed by atoms with van der Waals surface area (Å²) >= 11 is 6.12. The number of hydrogen-bond acceptors (Lipinski definition) is 6. The van der Waals surface area contributed by atoms with Crippen LogP contribution >= 0.6 is 11.6 Å². The molecule has 0 saturated heterocycles. The molecule has 0 bridgehead atoms. The predicted molar refractivity (Wildman–Crippen MR) is 116 cm³/mol. The number of fused-ring (bicyclic) bond motifs is 1. The Morgan fingerprint density at radius 1 is 1.16 bits per heavy atom. The molecular weight excluding hydrogens is 442 g/mol. The standard InChI is InChI=1S/C22H26ClNO6S/c1-3-24(4-2)31(26,27)20-8-5-16(6-9-20)7-10-21(25)29-14-18-12-19(23)11-17-13-28-15-30-22(17)18/h5-6,8-9,11-12H,3-4,7,10,13-15H2,1-2H3. The summed E-state index contributed by atoms with van der Waals surface area (Å²) in [7, 11) is -3.49. The molecule has 2 aromatic carbocycles. The highest BCUT2D eigenvalue weighted by Gasteiger charge is 2.21. The number of halogens is 1. The molecule has 1 aliphatic rings. The van der Waals surface area contributed by atoms with E-state index in [1.165, 1.54) is 4.31 Å². The van der Waals surface area contributed by atoms with Crippen molar-refractivity contribution in [3.8, 4) is 5.75 Å². The second-order valence-electron chi connectivity index (χ2n) is 7.06. The molecule has 31 heavy (non-hydrogen) atoms. The van der Waals surface area contributed by atoms with Crippen LogP contribution in [0.2, 0.25) is 5.02 Å². The quantitative estimate of drug-likeness (QED) is 0.520. The fourth-order valence-electron chi connectivity index (χ4n) is 3.38. The monoisotopic (exact) mass is 467 g/mol. The van der Waals surface area contributed by atoms with Crippen LogP contribution < -0.4 is 4.74 Å². The van der Waals surface area contributed by atoms with Gasteiger partial charge in [0.05, 0.1) is 11.5 Å². The lowest BCUT2D eigenvalue weighted by atomic mass is 10.1. The van der Waals surface area contributed by atoms with E-state index in [9.17, 15) is 13.2 Å². The molecule has 0 amide bonds. The molecule has 0 fully saturated rings. The molecule has 0 atom stereocenters. The van der Waals surface area contributed by atoms with Gasteiger partial charge in [-0.2, -0.15) is 4.31 Å². The second kappa shape index (κ2) is 10.5. The van der Waals surface area contributed by atoms with Crippen LogP contribution in [0.1, 0.15) is 37.0 Å². The van der Waals surface area contributed by atoms with Gasteiger partial charge in [0.25, 0.3) is 0 Å². The van der Waals surface area contributed by atoms with Crippen LogP contribution in [0, 0.1) is 0 Å². The Labute approximate surface area is 187 Å². The molecular formula is C22H26ClNO6S. The Morgan fingerprint density at radius 3 is 2.55 bits per heavy atom. The van der Waals surface area contributed by atoms with Crippen LogP contribution in [0.25, 0.3) is 0 Å². The zero-order chi connectivity index (χ0) is 22.4. The summed E-state index contributed by atoms with van der Waals surface area (Å²) in [6.45, 7) is 5.05. The van der Waals surface area contributed by atoms with Gasteiger partial charge in [-0.05, 0) is 36.2 Å². The number of nitrogens with zero attached hydrogens (tertiary/aromatic N) is 1. The zero-order valence-corrected chi connectivity index (χ0v) is 19.2. The first-order valence-corrected chi connectivity index (χ1v) is 11.9. The molecule has 0 saturated carbocycles. The lowest BCUT2D eigenvalue weighted by Gasteiger charge is -2.21. The van der Waals surface area contributed by atoms with Crippen LogP contribution in [0.5, 0.6) is 5.75 Å². The third kappa shape index (κ3) is 5.77. The maximum Gasteiger partial charge on any atom is 0.306 e. The smallest absolute Gasteiger partial charge is 0.306 e. The maximum atomic E-state index is 12.5. The molecule has 2 aromatic rings. The van der Waals surface area contributed by atoms with Crippen LogP contribution in [0.15, 0.2) is 41.3 Å². The number of aryl methyl sites for hydroxylation is 1. The minimum atomic E-state index is -3.49. The minimum absolute atomic E-state index is 0.0583. The lowest BCUT2D eigenvalue weighted by Crippen LogP contribution is -2.30. The highest BCUT2D eigenvalue weighted by Crippen LogP contribution is 2.32. The Kier molecular flexibility index (Phi) is 7.94. The second-order valence-corrected chi connectivity index (χ2v) is 9.43. The Morgan fingerprint density at radius 2 is 1.87 bits per heavy atom. The first-order valence-electron chi connectivity index (χ1n) is 10.1. The van der Waals surface area contributed by atoms with Gasteiger partial charge in [0.2, 0.25) is 10.0 Å². The number of hydrogen-bond donors (Lipinski definition) is 0. The van der Waals surface area contributed by atoms with Gasteiger partial charge < -0.3 is 14.2 Å². The molecule has 1 heterocycles. The van der Waals surface area contributed by atoms with Gasteiger partial charge in [-0.3, -0.25) is 4.79 Å². The fraction of sp³-hybridized carbons (Fsp3) is 0.409. The molecule has 168 valence electrons. The number of sulfonamides is 1. The van der Waals surface area contributed by atoms with E-state index in [4.69, 9.17) is 25.8 Å². The highest BCUT2D eigenvalue weighted by molar-refractivity contribution is 7.89. The van der Waals surface area contributed by atoms with Crippen molar-refractivity contribution in [2.24, 2.45) is 0 Å². The summed E-state index contributed by atoms with van der Waals surface area (Å²) in [5, 5.41) is 0.527. The Bertz CT molecular complexity index is 1020. The van der Waals surface area contributed by atoms with Crippen LogP contribution in [0.3, 0.4) is 0 Å². The molecule has 7 nitrogen and oxygen atoms in total. The minimum Gasteiger partial charge on any atom is -0.467 e. The van der Waals surface area contributed by atoms with E-state index in [1.54, 1.807) is 50.2 Å². The van der Waals surface area contributed by atoms with E-state index in [2.05, 4.69) is 0 Å². The number of ether oxygens (including phenoxy) is 3. The molecule has 3 rings (SSSR count). The van der Waals surface area contributed by atoms with Gasteiger partial charge in [-0.25, -0.2) is 8.42 Å². The molecule has 0 radical (unpaired) electrons. The summed E-state index contributed by atoms with van der Waals surface area (Å²) in [6, 6.07) is 10.1. The first kappa shape index (κ1) is 23.5. The zero-order valence-electron chi connectivity index (χ0n) is 17.6. The normalized spacial score (nSPS) is 13.5. The topological polar surface area (TPSA) is 82.1 Å². The van der Waals surface area contributed by atoms with Crippen molar-refractivity contribution >= 4 is 27.6 Å². The van der Waals surface area contributed by atoms with E-state index in [-0.39, 0.29) is 30.7 Å². The molecule has 1 aliphatic heterocycles. The summed E-state index contributed by atoms with van der Waals surface area (Å²) in [5.41, 5.74) is 2.38. The van der Waals surface area contributed by atoms with Crippen LogP contribution in [-0.4, -0.2) is 38.6 Å². The summed E-state index contributed by atoms with van der Waals surface area (Å²) in [5.74, 6) is 0.286. The third-order valence-corrected chi connectivity index (χ3v) is 7.31. The van der Waals surface area contributed by atoms with Crippen LogP contribution in [0.4, 0.5) is 0 Å². The van der Waals surface area contributed by atoms with Crippen LogP contribution in [-0.2, 0) is 43.9 Å². The first-order chi connectivity index (χ1) is 14.8. The molecule has 9 heteroatoms. The van der Waals surface area contributed by atoms with E-state index in [0.29, 0.717) is 42.5 Å². The van der Waals surface area contributed by atoms with Gasteiger partial charge in [0, 0.05) is 35.7 Å². The van der Waals surface area contributed by atoms with Crippen molar-refractivity contribution in [3.05, 3.63) is 58.1 Å². The predicted octanol–water partition coefficient (Wildman–Crippen LogP) is 3.91. The Hall–Kier alpha value is -2.13. The van der Waals surface area contributed by atoms with E-state index >= 15 is 0 Å². The number of carbonyl (C=O) groups is 1. The molecule has 0 unspecified atom stereocenters. The van der Waals surface area contributed by atoms with Crippen molar-refractivity contribution in [1.82, 2.24) is 4.31 Å². The van der Waals surface area contributed by atoms with Crippen molar-refractivity contribution in [1.29, 1.82) is 0 Å². The summed E-state index contributed by atoms with van der Waals surface area (Å²) < 4.78 is 42.6. The SMILES string of the molecule is CCN(CC)S(=O)(=O)c1ccc(CCC(=O)OCc2cc(Cl)cc3c2OCOC3)cc1. The number of esters is 1. The van der Waals surface area contributed by atoms with Crippen molar-refractivity contribution < 1.29 is 27.4 Å². The van der Waals surface area contributed by atoms with Gasteiger partial charge in [0.15, 0.2) is 6.79 Å². The summed E-state index contributed by atoms with van der Waals surface area (Å²) in [6.07, 6.45) is 0.622. The average molecular weight is 468 g/mol. The molecule has 0 spiro atoms. The third-order valence-electron chi connectivity index (χ3n) is 5.02. The van der Waals surface area contributed by atoms with E-state index in [0.717, 1.165) is 11.1 Å². The average Bonchev–Trinajstić information content (AvgIpc) is 2.76. The van der Waals surface area contributed by atoms with E-state index < -0.39 is 10.0 Å². The maximum absolute atomic E-state index is 12.5. The molecule has 0 aliphatic carbocycles. The number of rotatable bonds is 9. The van der Waals surface area contributed by atoms with Crippen molar-refractivity contribution in [2.45, 2.75) is 44.8 Å². The highest BCUT2D eigenvalue weighted by atomic mass is 35.5. The van der Waals surface area contributed by atoms with E-state index in [1.807, 2.05) is 0 Å². The largest absolute Gasteiger partial charge is 0.467 e. The summed E-state index contributed by atoms with van der Waals surface area (Å²) in [4.78, 5) is 12.5. The van der Waals surface area contributed by atoms with Crippen molar-refractivity contribution in [2.75, 3.05) is 19.9 Å². The van der Waals surface area contributed by atoms with Gasteiger partial charge in [-0.15, -0.1) is 0 Å². The van der Waals surface area contributed by atoms with Gasteiger partial charge in [0.1, 0.15) is 12.4 Å². The lowest BCUT2D eigenvalue weighted by molar-refractivity contribution is -0.145. The molecule has 0 N–H and O–H groups in total. The fourth-order valence-corrected chi connectivity index (χ4v) is 5.10. The Balaban J connectivity index is 1.55. The van der Waals surface area contributed by atoms with Gasteiger partial charge >= 0.3 is 5.97 Å². The van der Waals surface area contributed by atoms with Gasteiger partial charge in [-0.1, -0.05) is 37.6 Å².